The minimum Gasteiger partial charge on any atom is -0.356 e. The molecular weight excluding hydrogens is 202 g/mol. The lowest BCUT2D eigenvalue weighted by atomic mass is 10.2. The predicted molar refractivity (Wildman–Crippen MR) is 64.2 cm³/mol. The molecule has 1 rings (SSSR count). The molecule has 16 heavy (non-hydrogen) atoms. The summed E-state index contributed by atoms with van der Waals surface area (Å²) in [4.78, 5) is 15.6. The average Bonchev–Trinajstić information content (AvgIpc) is 2.58. The number of hydrogen-bond acceptors (Lipinski definition) is 2. The van der Waals surface area contributed by atoms with E-state index in [1.807, 2.05) is 13.3 Å². The number of imidazole rings is 1. The summed E-state index contributed by atoms with van der Waals surface area (Å²) in [5, 5.41) is 2.87. The molecule has 4 heteroatoms. The van der Waals surface area contributed by atoms with E-state index in [0.29, 0.717) is 6.42 Å². The van der Waals surface area contributed by atoms with E-state index in [2.05, 4.69) is 28.7 Å². The summed E-state index contributed by atoms with van der Waals surface area (Å²) < 4.78 is 2.10. The van der Waals surface area contributed by atoms with Crippen LogP contribution in [0.5, 0.6) is 0 Å². The number of hydrogen-bond donors (Lipinski definition) is 1. The molecule has 0 spiro atoms. The molecule has 0 aliphatic heterocycles. The Balaban J connectivity index is 2.25. The quantitative estimate of drug-likeness (QED) is 0.799. The van der Waals surface area contributed by atoms with Gasteiger partial charge in [0.2, 0.25) is 5.91 Å². The van der Waals surface area contributed by atoms with Crippen molar-refractivity contribution in [2.75, 3.05) is 6.54 Å². The largest absolute Gasteiger partial charge is 0.356 e. The van der Waals surface area contributed by atoms with Crippen molar-refractivity contribution in [3.63, 3.8) is 0 Å². The number of rotatable bonds is 6. The van der Waals surface area contributed by atoms with E-state index >= 15 is 0 Å². The van der Waals surface area contributed by atoms with Gasteiger partial charge < -0.3 is 9.88 Å². The van der Waals surface area contributed by atoms with Gasteiger partial charge >= 0.3 is 0 Å². The third-order valence-corrected chi connectivity index (χ3v) is 2.72. The molecule has 1 amide bonds. The summed E-state index contributed by atoms with van der Waals surface area (Å²) in [5.74, 6) is 0.149. The Morgan fingerprint density at radius 3 is 2.81 bits per heavy atom. The lowest BCUT2D eigenvalue weighted by Crippen LogP contribution is -2.23. The second-order valence-corrected chi connectivity index (χ2v) is 4.06. The minimum absolute atomic E-state index is 0.149. The molecular formula is C12H21N3O. The smallest absolute Gasteiger partial charge is 0.220 e. The van der Waals surface area contributed by atoms with Gasteiger partial charge in [0.1, 0.15) is 0 Å². The van der Waals surface area contributed by atoms with E-state index in [0.717, 1.165) is 31.6 Å². The highest BCUT2D eigenvalue weighted by molar-refractivity contribution is 5.75. The summed E-state index contributed by atoms with van der Waals surface area (Å²) in [6.07, 6.45) is 4.29. The minimum atomic E-state index is 0.149. The average molecular weight is 223 g/mol. The zero-order valence-corrected chi connectivity index (χ0v) is 10.4. The first-order valence-electron chi connectivity index (χ1n) is 5.90. The Kier molecular flexibility index (Phi) is 5.02. The van der Waals surface area contributed by atoms with Gasteiger partial charge in [-0.25, -0.2) is 4.98 Å². The molecule has 0 atom stereocenters. The van der Waals surface area contributed by atoms with Gasteiger partial charge in [-0.3, -0.25) is 4.79 Å². The Labute approximate surface area is 97.1 Å². The molecule has 0 fully saturated rings. The van der Waals surface area contributed by atoms with Crippen molar-refractivity contribution in [1.82, 2.24) is 14.9 Å². The molecule has 1 aromatic heterocycles. The van der Waals surface area contributed by atoms with Gasteiger partial charge in [0.05, 0.1) is 12.0 Å². The molecule has 0 saturated heterocycles. The molecule has 1 heterocycles. The topological polar surface area (TPSA) is 46.9 Å². The highest BCUT2D eigenvalue weighted by Gasteiger charge is 2.03. The summed E-state index contributed by atoms with van der Waals surface area (Å²) >= 11 is 0. The first-order chi connectivity index (χ1) is 7.65. The number of aryl methyl sites for hydroxylation is 2. The fourth-order valence-corrected chi connectivity index (χ4v) is 1.53. The molecule has 0 saturated carbocycles. The number of aromatic nitrogens is 2. The van der Waals surface area contributed by atoms with Gasteiger partial charge in [-0.1, -0.05) is 6.92 Å². The second kappa shape index (κ2) is 6.30. The Hall–Kier alpha value is -1.32. The van der Waals surface area contributed by atoms with Crippen LogP contribution in [0.2, 0.25) is 0 Å². The van der Waals surface area contributed by atoms with Crippen molar-refractivity contribution in [2.24, 2.45) is 0 Å². The standard InChI is InChI=1S/C12H21N3O/c1-4-7-13-12(16)6-5-8-15-9-14-10(2)11(15)3/h9H,4-8H2,1-3H3,(H,13,16). The van der Waals surface area contributed by atoms with Gasteiger partial charge in [0.15, 0.2) is 0 Å². The number of nitrogens with zero attached hydrogens (tertiary/aromatic N) is 2. The van der Waals surface area contributed by atoms with Crippen molar-refractivity contribution in [3.8, 4) is 0 Å². The van der Waals surface area contributed by atoms with Crippen LogP contribution in [0.3, 0.4) is 0 Å². The molecule has 1 N–H and O–H groups in total. The summed E-state index contributed by atoms with van der Waals surface area (Å²) in [5.41, 5.74) is 2.25. The molecule has 0 aliphatic rings. The molecule has 0 aromatic carbocycles. The molecule has 1 aromatic rings. The number of carbonyl (C=O) groups excluding carboxylic acids is 1. The molecule has 0 radical (unpaired) electrons. The Morgan fingerprint density at radius 2 is 2.25 bits per heavy atom. The zero-order valence-electron chi connectivity index (χ0n) is 10.4. The number of carbonyl (C=O) groups is 1. The van der Waals surface area contributed by atoms with Crippen molar-refractivity contribution in [2.45, 2.75) is 46.6 Å². The van der Waals surface area contributed by atoms with Crippen molar-refractivity contribution < 1.29 is 4.79 Å². The first kappa shape index (κ1) is 12.7. The van der Waals surface area contributed by atoms with Crippen LogP contribution in [-0.4, -0.2) is 22.0 Å². The number of nitrogens with one attached hydrogen (secondary N) is 1. The van der Waals surface area contributed by atoms with Gasteiger partial charge in [-0.05, 0) is 26.7 Å². The molecule has 90 valence electrons. The van der Waals surface area contributed by atoms with Gasteiger partial charge in [-0.2, -0.15) is 0 Å². The van der Waals surface area contributed by atoms with Crippen LogP contribution in [0, 0.1) is 13.8 Å². The fourth-order valence-electron chi connectivity index (χ4n) is 1.53. The summed E-state index contributed by atoms with van der Waals surface area (Å²) in [6.45, 7) is 7.76. The first-order valence-corrected chi connectivity index (χ1v) is 5.90. The maximum Gasteiger partial charge on any atom is 0.220 e. The fraction of sp³-hybridized carbons (Fsp3) is 0.667. The van der Waals surface area contributed by atoms with E-state index < -0.39 is 0 Å². The van der Waals surface area contributed by atoms with Crippen molar-refractivity contribution >= 4 is 5.91 Å². The van der Waals surface area contributed by atoms with Gasteiger partial charge in [-0.15, -0.1) is 0 Å². The SMILES string of the molecule is CCCNC(=O)CCCn1cnc(C)c1C. The Morgan fingerprint density at radius 1 is 1.50 bits per heavy atom. The Bertz CT molecular complexity index is 344. The molecule has 0 unspecified atom stereocenters. The maximum absolute atomic E-state index is 11.3. The van der Waals surface area contributed by atoms with Crippen LogP contribution in [0.25, 0.3) is 0 Å². The maximum atomic E-state index is 11.3. The van der Waals surface area contributed by atoms with Gasteiger partial charge in [0, 0.05) is 25.2 Å². The van der Waals surface area contributed by atoms with Crippen LogP contribution in [0.15, 0.2) is 6.33 Å². The molecule has 0 bridgehead atoms. The van der Waals surface area contributed by atoms with E-state index in [9.17, 15) is 4.79 Å². The third-order valence-electron chi connectivity index (χ3n) is 2.72. The van der Waals surface area contributed by atoms with E-state index in [4.69, 9.17) is 0 Å². The highest BCUT2D eigenvalue weighted by Crippen LogP contribution is 2.05. The van der Waals surface area contributed by atoms with Crippen molar-refractivity contribution in [1.29, 1.82) is 0 Å². The molecule has 0 aliphatic carbocycles. The highest BCUT2D eigenvalue weighted by atomic mass is 16.1. The second-order valence-electron chi connectivity index (χ2n) is 4.06. The molecule has 4 nitrogen and oxygen atoms in total. The van der Waals surface area contributed by atoms with Crippen molar-refractivity contribution in [3.05, 3.63) is 17.7 Å². The van der Waals surface area contributed by atoms with Crippen LogP contribution >= 0.6 is 0 Å². The van der Waals surface area contributed by atoms with Crippen LogP contribution in [-0.2, 0) is 11.3 Å². The monoisotopic (exact) mass is 223 g/mol. The lowest BCUT2D eigenvalue weighted by molar-refractivity contribution is -0.121. The number of amides is 1. The summed E-state index contributed by atoms with van der Waals surface area (Å²) in [6, 6.07) is 0. The normalized spacial score (nSPS) is 10.4. The van der Waals surface area contributed by atoms with Gasteiger partial charge in [0.25, 0.3) is 0 Å². The summed E-state index contributed by atoms with van der Waals surface area (Å²) in [7, 11) is 0. The van der Waals surface area contributed by atoms with E-state index in [-0.39, 0.29) is 5.91 Å². The van der Waals surface area contributed by atoms with Crippen LogP contribution in [0.4, 0.5) is 0 Å². The zero-order chi connectivity index (χ0) is 12.0. The lowest BCUT2D eigenvalue weighted by Gasteiger charge is -2.06. The van der Waals surface area contributed by atoms with E-state index in [1.54, 1.807) is 0 Å². The predicted octanol–water partition coefficient (Wildman–Crippen LogP) is 1.81. The van der Waals surface area contributed by atoms with E-state index in [1.165, 1.54) is 5.69 Å². The third kappa shape index (κ3) is 3.68. The van der Waals surface area contributed by atoms with Crippen LogP contribution in [0.1, 0.15) is 37.6 Å². The van der Waals surface area contributed by atoms with Crippen LogP contribution < -0.4 is 5.32 Å².